The van der Waals surface area contributed by atoms with Crippen molar-refractivity contribution in [3.63, 3.8) is 0 Å². The number of nitro benzene ring substituents is 1. The zero-order valence-electron chi connectivity index (χ0n) is 10.4. The standard InChI is InChI=1S/C14H12ClFN2O2/c15-12-6-3-10(8-13(12)16)14(17)7-9-1-4-11(5-2-9)18(19)20/h1-6,8,14H,7,17H2. The maximum atomic E-state index is 13.4. The third-order valence-corrected chi connectivity index (χ3v) is 3.28. The first-order valence-electron chi connectivity index (χ1n) is 5.91. The predicted octanol–water partition coefficient (Wildman–Crippen LogP) is 3.63. The molecule has 0 aliphatic carbocycles. The molecule has 0 saturated carbocycles. The van der Waals surface area contributed by atoms with Crippen LogP contribution in [0.15, 0.2) is 42.5 Å². The molecule has 0 bridgehead atoms. The Hall–Kier alpha value is -1.98. The van der Waals surface area contributed by atoms with Gasteiger partial charge in [-0.15, -0.1) is 0 Å². The minimum absolute atomic E-state index is 0.0276. The van der Waals surface area contributed by atoms with Crippen LogP contribution in [-0.2, 0) is 6.42 Å². The fourth-order valence-corrected chi connectivity index (χ4v) is 1.99. The van der Waals surface area contributed by atoms with E-state index in [0.717, 1.165) is 5.56 Å². The molecular formula is C14H12ClFN2O2. The highest BCUT2D eigenvalue weighted by Gasteiger charge is 2.11. The lowest BCUT2D eigenvalue weighted by Gasteiger charge is -2.12. The molecule has 0 aliphatic rings. The number of nitrogens with two attached hydrogens (primary N) is 1. The van der Waals surface area contributed by atoms with Crippen molar-refractivity contribution in [3.8, 4) is 0 Å². The number of non-ortho nitro benzene ring substituents is 1. The van der Waals surface area contributed by atoms with E-state index in [2.05, 4.69) is 0 Å². The summed E-state index contributed by atoms with van der Waals surface area (Å²) in [6.07, 6.45) is 0.457. The molecule has 0 amide bonds. The summed E-state index contributed by atoms with van der Waals surface area (Å²) in [6.45, 7) is 0. The Morgan fingerprint density at radius 3 is 2.45 bits per heavy atom. The van der Waals surface area contributed by atoms with Gasteiger partial charge in [0.25, 0.3) is 5.69 Å². The average Bonchev–Trinajstić information content (AvgIpc) is 2.42. The van der Waals surface area contributed by atoms with Crippen LogP contribution >= 0.6 is 11.6 Å². The number of nitrogens with zero attached hydrogens (tertiary/aromatic N) is 1. The van der Waals surface area contributed by atoms with Crippen molar-refractivity contribution in [2.75, 3.05) is 0 Å². The van der Waals surface area contributed by atoms with Crippen molar-refractivity contribution in [2.45, 2.75) is 12.5 Å². The molecule has 0 heterocycles. The second-order valence-corrected chi connectivity index (χ2v) is 4.81. The second-order valence-electron chi connectivity index (χ2n) is 4.41. The van der Waals surface area contributed by atoms with E-state index in [1.807, 2.05) is 0 Å². The van der Waals surface area contributed by atoms with Gasteiger partial charge < -0.3 is 5.73 Å². The van der Waals surface area contributed by atoms with Gasteiger partial charge in [-0.05, 0) is 29.7 Å². The van der Waals surface area contributed by atoms with Gasteiger partial charge in [0.1, 0.15) is 5.82 Å². The van der Waals surface area contributed by atoms with E-state index in [1.165, 1.54) is 24.3 Å². The smallest absolute Gasteiger partial charge is 0.269 e. The average molecular weight is 295 g/mol. The summed E-state index contributed by atoms with van der Waals surface area (Å²) >= 11 is 5.61. The Morgan fingerprint density at radius 2 is 1.90 bits per heavy atom. The lowest BCUT2D eigenvalue weighted by Crippen LogP contribution is -2.13. The fourth-order valence-electron chi connectivity index (χ4n) is 1.87. The van der Waals surface area contributed by atoms with E-state index in [0.29, 0.717) is 12.0 Å². The molecule has 1 atom stereocenters. The summed E-state index contributed by atoms with van der Waals surface area (Å²) < 4.78 is 13.4. The molecule has 2 rings (SSSR count). The molecule has 0 saturated heterocycles. The summed E-state index contributed by atoms with van der Waals surface area (Å²) in [5.41, 5.74) is 7.50. The first-order chi connectivity index (χ1) is 9.47. The maximum absolute atomic E-state index is 13.4. The highest BCUT2D eigenvalue weighted by Crippen LogP contribution is 2.22. The van der Waals surface area contributed by atoms with Gasteiger partial charge in [0, 0.05) is 18.2 Å². The number of halogens is 2. The van der Waals surface area contributed by atoms with Gasteiger partial charge in [0.05, 0.1) is 9.95 Å². The predicted molar refractivity (Wildman–Crippen MR) is 75.1 cm³/mol. The molecule has 104 valence electrons. The van der Waals surface area contributed by atoms with Crippen molar-refractivity contribution in [2.24, 2.45) is 5.73 Å². The quantitative estimate of drug-likeness (QED) is 0.691. The summed E-state index contributed by atoms with van der Waals surface area (Å²) in [4.78, 5) is 10.1. The number of benzene rings is 2. The molecule has 2 aromatic carbocycles. The van der Waals surface area contributed by atoms with Crippen LogP contribution < -0.4 is 5.73 Å². The zero-order valence-corrected chi connectivity index (χ0v) is 11.2. The lowest BCUT2D eigenvalue weighted by atomic mass is 9.99. The first-order valence-corrected chi connectivity index (χ1v) is 6.29. The number of hydrogen-bond acceptors (Lipinski definition) is 3. The molecule has 2 aromatic rings. The molecule has 0 radical (unpaired) electrons. The third-order valence-electron chi connectivity index (χ3n) is 2.97. The molecule has 6 heteroatoms. The molecule has 0 fully saturated rings. The maximum Gasteiger partial charge on any atom is 0.269 e. The topological polar surface area (TPSA) is 69.2 Å². The molecule has 2 N–H and O–H groups in total. The normalized spacial score (nSPS) is 12.2. The Balaban J connectivity index is 2.12. The van der Waals surface area contributed by atoms with Crippen LogP contribution in [0.1, 0.15) is 17.2 Å². The monoisotopic (exact) mass is 294 g/mol. The number of hydrogen-bond donors (Lipinski definition) is 1. The first kappa shape index (κ1) is 14.4. The van der Waals surface area contributed by atoms with Gasteiger partial charge in [-0.2, -0.15) is 0 Å². The molecular weight excluding hydrogens is 283 g/mol. The van der Waals surface area contributed by atoms with Crippen LogP contribution in [-0.4, -0.2) is 4.92 Å². The zero-order chi connectivity index (χ0) is 14.7. The van der Waals surface area contributed by atoms with E-state index in [4.69, 9.17) is 17.3 Å². The summed E-state index contributed by atoms with van der Waals surface area (Å²) in [5.74, 6) is -0.511. The molecule has 0 spiro atoms. The Morgan fingerprint density at radius 1 is 1.25 bits per heavy atom. The summed E-state index contributed by atoms with van der Waals surface area (Å²) in [5, 5.41) is 10.6. The van der Waals surface area contributed by atoms with Gasteiger partial charge in [-0.3, -0.25) is 10.1 Å². The van der Waals surface area contributed by atoms with Crippen molar-refractivity contribution < 1.29 is 9.31 Å². The van der Waals surface area contributed by atoms with E-state index in [9.17, 15) is 14.5 Å². The molecule has 1 unspecified atom stereocenters. The van der Waals surface area contributed by atoms with Crippen molar-refractivity contribution in [3.05, 3.63) is 74.5 Å². The number of rotatable bonds is 4. The minimum atomic E-state index is -0.511. The van der Waals surface area contributed by atoms with Crippen molar-refractivity contribution >= 4 is 17.3 Å². The largest absolute Gasteiger partial charge is 0.324 e. The van der Waals surface area contributed by atoms with Gasteiger partial charge in [0.15, 0.2) is 0 Å². The minimum Gasteiger partial charge on any atom is -0.324 e. The third kappa shape index (κ3) is 3.31. The second kappa shape index (κ2) is 5.98. The van der Waals surface area contributed by atoms with E-state index >= 15 is 0 Å². The Labute approximate surface area is 120 Å². The fraction of sp³-hybridized carbons (Fsp3) is 0.143. The SMILES string of the molecule is NC(Cc1ccc([N+](=O)[O-])cc1)c1ccc(Cl)c(F)c1. The van der Waals surface area contributed by atoms with Crippen molar-refractivity contribution in [1.29, 1.82) is 0 Å². The Kier molecular flexibility index (Phi) is 4.32. The summed E-state index contributed by atoms with van der Waals surface area (Å²) in [6, 6.07) is 10.2. The van der Waals surface area contributed by atoms with Crippen LogP contribution in [0.2, 0.25) is 5.02 Å². The van der Waals surface area contributed by atoms with Gasteiger partial charge in [-0.1, -0.05) is 29.8 Å². The molecule has 4 nitrogen and oxygen atoms in total. The molecule has 0 aromatic heterocycles. The lowest BCUT2D eigenvalue weighted by molar-refractivity contribution is -0.384. The van der Waals surface area contributed by atoms with Crippen LogP contribution in [0, 0.1) is 15.9 Å². The van der Waals surface area contributed by atoms with E-state index in [1.54, 1.807) is 18.2 Å². The van der Waals surface area contributed by atoms with Gasteiger partial charge >= 0.3 is 0 Å². The summed E-state index contributed by atoms with van der Waals surface area (Å²) in [7, 11) is 0. The molecule has 0 aliphatic heterocycles. The van der Waals surface area contributed by atoms with Crippen molar-refractivity contribution in [1.82, 2.24) is 0 Å². The van der Waals surface area contributed by atoms with Gasteiger partial charge in [-0.25, -0.2) is 4.39 Å². The van der Waals surface area contributed by atoms with Crippen LogP contribution in [0.3, 0.4) is 0 Å². The van der Waals surface area contributed by atoms with Crippen LogP contribution in [0.4, 0.5) is 10.1 Å². The van der Waals surface area contributed by atoms with E-state index < -0.39 is 16.8 Å². The Bertz CT molecular complexity index is 632. The number of nitro groups is 1. The van der Waals surface area contributed by atoms with Gasteiger partial charge in [0.2, 0.25) is 0 Å². The van der Waals surface area contributed by atoms with E-state index in [-0.39, 0.29) is 10.7 Å². The highest BCUT2D eigenvalue weighted by atomic mass is 35.5. The molecule has 20 heavy (non-hydrogen) atoms. The van der Waals surface area contributed by atoms with Crippen LogP contribution in [0.5, 0.6) is 0 Å². The highest BCUT2D eigenvalue weighted by molar-refractivity contribution is 6.30. The van der Waals surface area contributed by atoms with Crippen LogP contribution in [0.25, 0.3) is 0 Å².